The normalized spacial score (nSPS) is 20.2. The largest absolute Gasteiger partial charge is 0.475 e. The van der Waals surface area contributed by atoms with Crippen LogP contribution in [0.1, 0.15) is 72.1 Å². The minimum absolute atomic E-state index is 0.00618. The second-order valence-corrected chi connectivity index (χ2v) is 12.6. The van der Waals surface area contributed by atoms with Gasteiger partial charge in [-0.3, -0.25) is 19.7 Å². The standard InChI is InChI=1S/C16H21F3N4O5.C16H23F3N4O3/c1-27-6-7-28-15-11(8-12(23(25)26)13(20)22-15)14(24)21-10-4-2-9(3-5-10)16(17,18)19;1-25-6-7-26-15-11(8-12(20)13(21)23-15)14(24)22-10-4-2-9(3-5-10)16(17,18)19/h8-10H,2-7H2,1H3,(H2,20,22)(H,21,24);8-10H,2-7,20H2,1H3,(H2,21,23)(H,22,24)/t;9-,10-. The number of carbonyl (C=O) groups excluding carboxylic acids is 2. The number of methoxy groups -OCH3 is 2. The van der Waals surface area contributed by atoms with Crippen LogP contribution in [0.25, 0.3) is 0 Å². The number of nitrogen functional groups attached to an aromatic ring is 3. The number of aromatic nitrogens is 2. The van der Waals surface area contributed by atoms with Gasteiger partial charge in [-0.2, -0.15) is 36.3 Å². The van der Waals surface area contributed by atoms with Crippen molar-refractivity contribution >= 4 is 34.8 Å². The van der Waals surface area contributed by atoms with Crippen LogP contribution in [0, 0.1) is 22.0 Å². The highest BCUT2D eigenvalue weighted by atomic mass is 19.4. The molecule has 2 aromatic rings. The van der Waals surface area contributed by atoms with Crippen molar-refractivity contribution in [1.82, 2.24) is 20.6 Å². The van der Waals surface area contributed by atoms with E-state index in [9.17, 15) is 46.0 Å². The average molecular weight is 783 g/mol. The summed E-state index contributed by atoms with van der Waals surface area (Å²) in [6.07, 6.45) is -7.81. The molecular weight excluding hydrogens is 738 g/mol. The summed E-state index contributed by atoms with van der Waals surface area (Å²) in [4.78, 5) is 43.1. The zero-order valence-corrected chi connectivity index (χ0v) is 29.6. The number of hydrogen-bond acceptors (Lipinski definition) is 13. The number of halogens is 6. The maximum absolute atomic E-state index is 12.8. The highest BCUT2D eigenvalue weighted by Gasteiger charge is 2.43. The third-order valence-corrected chi connectivity index (χ3v) is 8.83. The quantitative estimate of drug-likeness (QED) is 0.0811. The monoisotopic (exact) mass is 782 g/mol. The molecule has 0 atom stereocenters. The third-order valence-electron chi connectivity index (χ3n) is 8.83. The van der Waals surface area contributed by atoms with Crippen LogP contribution in [0.5, 0.6) is 11.8 Å². The summed E-state index contributed by atoms with van der Waals surface area (Å²) in [5, 5.41) is 16.4. The molecule has 54 heavy (non-hydrogen) atoms. The molecule has 0 radical (unpaired) electrons. The van der Waals surface area contributed by atoms with Crippen LogP contribution in [0.2, 0.25) is 0 Å². The molecular formula is C32H44F6N8O8. The Balaban J connectivity index is 0.000000291. The van der Waals surface area contributed by atoms with E-state index in [1.165, 1.54) is 20.3 Å². The van der Waals surface area contributed by atoms with Crippen molar-refractivity contribution in [3.63, 3.8) is 0 Å². The fourth-order valence-electron chi connectivity index (χ4n) is 5.82. The number of carbonyl (C=O) groups is 2. The molecule has 2 fully saturated rings. The fraction of sp³-hybridized carbons (Fsp3) is 0.625. The lowest BCUT2D eigenvalue weighted by Gasteiger charge is -2.30. The van der Waals surface area contributed by atoms with Gasteiger partial charge < -0.3 is 46.8 Å². The predicted molar refractivity (Wildman–Crippen MR) is 182 cm³/mol. The molecule has 0 unspecified atom stereocenters. The first-order valence-corrected chi connectivity index (χ1v) is 16.8. The van der Waals surface area contributed by atoms with Crippen LogP contribution in [-0.2, 0) is 9.47 Å². The summed E-state index contributed by atoms with van der Waals surface area (Å²) >= 11 is 0. The molecule has 0 spiro atoms. The molecule has 2 aliphatic carbocycles. The van der Waals surface area contributed by atoms with Crippen LogP contribution >= 0.6 is 0 Å². The summed E-state index contributed by atoms with van der Waals surface area (Å²) in [6, 6.07) is 1.48. The average Bonchev–Trinajstić information content (AvgIpc) is 3.09. The van der Waals surface area contributed by atoms with E-state index < -0.39 is 58.5 Å². The van der Waals surface area contributed by atoms with Gasteiger partial charge in [0.15, 0.2) is 5.82 Å². The number of pyridine rings is 2. The highest BCUT2D eigenvalue weighted by Crippen LogP contribution is 2.39. The molecule has 0 aromatic carbocycles. The van der Waals surface area contributed by atoms with Crippen LogP contribution in [-0.4, -0.2) is 91.8 Å². The number of ether oxygens (including phenoxy) is 4. The van der Waals surface area contributed by atoms with E-state index >= 15 is 0 Å². The van der Waals surface area contributed by atoms with Gasteiger partial charge in [0, 0.05) is 32.4 Å². The molecule has 0 saturated heterocycles. The molecule has 2 aliphatic rings. The Kier molecular flexibility index (Phi) is 15.7. The number of hydrogen-bond donors (Lipinski definition) is 5. The Labute approximate surface area is 305 Å². The van der Waals surface area contributed by atoms with Crippen molar-refractivity contribution in [1.29, 1.82) is 0 Å². The smallest absolute Gasteiger partial charge is 0.391 e. The van der Waals surface area contributed by atoms with E-state index in [1.54, 1.807) is 0 Å². The van der Waals surface area contributed by atoms with Gasteiger partial charge in [-0.15, -0.1) is 0 Å². The summed E-state index contributed by atoms with van der Waals surface area (Å²) in [5.74, 6) is -4.51. The van der Waals surface area contributed by atoms with Gasteiger partial charge in [-0.05, 0) is 57.4 Å². The van der Waals surface area contributed by atoms with Gasteiger partial charge >= 0.3 is 18.0 Å². The van der Waals surface area contributed by atoms with Crippen LogP contribution in [0.4, 0.5) is 49.4 Å². The lowest BCUT2D eigenvalue weighted by molar-refractivity contribution is -0.384. The van der Waals surface area contributed by atoms with Crippen molar-refractivity contribution < 1.29 is 59.8 Å². The lowest BCUT2D eigenvalue weighted by Crippen LogP contribution is -2.40. The molecule has 2 amide bonds. The molecule has 0 aliphatic heterocycles. The van der Waals surface area contributed by atoms with Crippen molar-refractivity contribution in [2.45, 2.75) is 75.8 Å². The van der Waals surface area contributed by atoms with E-state index in [2.05, 4.69) is 20.6 Å². The van der Waals surface area contributed by atoms with Crippen molar-refractivity contribution in [2.75, 3.05) is 57.8 Å². The Hall–Kier alpha value is -4.86. The Morgan fingerprint density at radius 1 is 0.722 bits per heavy atom. The second kappa shape index (κ2) is 19.5. The van der Waals surface area contributed by atoms with Gasteiger partial charge in [0.25, 0.3) is 11.8 Å². The van der Waals surface area contributed by atoms with Crippen LogP contribution in [0.15, 0.2) is 12.1 Å². The van der Waals surface area contributed by atoms with Crippen molar-refractivity contribution in [3.8, 4) is 11.8 Å². The number of nitrogens with one attached hydrogen (secondary N) is 2. The Bertz CT molecular complexity index is 1580. The molecule has 2 saturated carbocycles. The summed E-state index contributed by atoms with van der Waals surface area (Å²) in [5.41, 5.74) is 16.3. The zero-order chi connectivity index (χ0) is 40.2. The maximum Gasteiger partial charge on any atom is 0.391 e. The van der Waals surface area contributed by atoms with E-state index in [0.29, 0.717) is 0 Å². The van der Waals surface area contributed by atoms with E-state index in [-0.39, 0.29) is 118 Å². The van der Waals surface area contributed by atoms with Gasteiger partial charge in [0.2, 0.25) is 17.6 Å². The number of nitrogens with two attached hydrogens (primary N) is 3. The minimum Gasteiger partial charge on any atom is -0.475 e. The van der Waals surface area contributed by atoms with Crippen LogP contribution in [0.3, 0.4) is 0 Å². The zero-order valence-electron chi connectivity index (χ0n) is 29.6. The Morgan fingerprint density at radius 2 is 1.11 bits per heavy atom. The maximum atomic E-state index is 12.8. The third kappa shape index (κ3) is 12.6. The van der Waals surface area contributed by atoms with E-state index in [0.717, 1.165) is 6.07 Å². The first-order valence-electron chi connectivity index (χ1n) is 16.8. The van der Waals surface area contributed by atoms with Crippen LogP contribution < -0.4 is 37.3 Å². The number of nitrogens with zero attached hydrogens (tertiary/aromatic N) is 3. The summed E-state index contributed by atoms with van der Waals surface area (Å²) < 4.78 is 96.9. The molecule has 2 heterocycles. The highest BCUT2D eigenvalue weighted by molar-refractivity contribution is 5.98. The first-order chi connectivity index (χ1) is 25.3. The molecule has 0 bridgehead atoms. The molecule has 2 aromatic heterocycles. The van der Waals surface area contributed by atoms with Gasteiger partial charge in [-0.1, -0.05) is 0 Å². The second-order valence-electron chi connectivity index (χ2n) is 12.6. The van der Waals surface area contributed by atoms with E-state index in [4.69, 9.17) is 36.1 Å². The Morgan fingerprint density at radius 3 is 1.48 bits per heavy atom. The topological polar surface area (TPSA) is 242 Å². The number of alkyl halides is 6. The number of amides is 2. The fourth-order valence-corrected chi connectivity index (χ4v) is 5.82. The summed E-state index contributed by atoms with van der Waals surface area (Å²) in [7, 11) is 2.94. The molecule has 8 N–H and O–H groups in total. The minimum atomic E-state index is -4.25. The van der Waals surface area contributed by atoms with Crippen molar-refractivity contribution in [3.05, 3.63) is 33.4 Å². The molecule has 4 rings (SSSR count). The molecule has 22 heteroatoms. The SMILES string of the molecule is COCCOc1nc(N)c(N)cc1C(=O)N[C@H]1CC[C@H](C(F)(F)F)CC1.COCCOc1nc(N)c([N+](=O)[O-])cc1C(=O)NC1CCC(C(F)(F)F)CC1. The molecule has 302 valence electrons. The van der Waals surface area contributed by atoms with Crippen molar-refractivity contribution in [2.24, 2.45) is 11.8 Å². The number of rotatable bonds is 13. The lowest BCUT2D eigenvalue weighted by atomic mass is 9.85. The molecule has 16 nitrogen and oxygen atoms in total. The van der Waals surface area contributed by atoms with E-state index in [1.807, 2.05) is 0 Å². The van der Waals surface area contributed by atoms with Gasteiger partial charge in [0.05, 0.1) is 35.7 Å². The first kappa shape index (κ1) is 43.5. The summed E-state index contributed by atoms with van der Waals surface area (Å²) in [6.45, 7) is 0.650. The number of anilines is 3. The predicted octanol–water partition coefficient (Wildman–Crippen LogP) is 4.57. The van der Waals surface area contributed by atoms with Gasteiger partial charge in [0.1, 0.15) is 24.3 Å². The number of nitro groups is 1. The van der Waals surface area contributed by atoms with Gasteiger partial charge in [-0.25, -0.2) is 0 Å².